The molecule has 0 saturated carbocycles. The number of thioether (sulfide) groups is 1. The van der Waals surface area contributed by atoms with Crippen molar-refractivity contribution in [3.8, 4) is 0 Å². The number of nitrogens with one attached hydrogen (secondary N) is 1. The Bertz CT molecular complexity index is 284. The Morgan fingerprint density at radius 3 is 2.50 bits per heavy atom. The van der Waals surface area contributed by atoms with Crippen LogP contribution in [-0.2, 0) is 6.54 Å². The van der Waals surface area contributed by atoms with Gasteiger partial charge in [-0.15, -0.1) is 11.8 Å². The summed E-state index contributed by atoms with van der Waals surface area (Å²) in [5.74, 6) is 0.861. The molecule has 1 nitrogen and oxygen atoms in total. The van der Waals surface area contributed by atoms with Crippen LogP contribution in [0.5, 0.6) is 0 Å². The molecule has 3 heteroatoms. The second kappa shape index (κ2) is 7.69. The van der Waals surface area contributed by atoms with Crippen LogP contribution in [0.4, 0.5) is 4.39 Å². The van der Waals surface area contributed by atoms with E-state index >= 15 is 0 Å². The minimum atomic E-state index is -0.219. The van der Waals surface area contributed by atoms with Crippen molar-refractivity contribution in [2.75, 3.05) is 12.4 Å². The molecule has 0 amide bonds. The van der Waals surface area contributed by atoms with Crippen molar-refractivity contribution < 1.29 is 4.39 Å². The average molecular weight is 241 g/mol. The Morgan fingerprint density at radius 2 is 1.94 bits per heavy atom. The topological polar surface area (TPSA) is 12.0 Å². The zero-order chi connectivity index (χ0) is 11.8. The van der Waals surface area contributed by atoms with Gasteiger partial charge in [0.15, 0.2) is 0 Å². The van der Waals surface area contributed by atoms with Gasteiger partial charge in [0.25, 0.3) is 0 Å². The molecule has 1 rings (SSSR count). The molecule has 1 N–H and O–H groups in total. The number of halogens is 1. The zero-order valence-corrected chi connectivity index (χ0v) is 10.8. The quantitative estimate of drug-likeness (QED) is 0.578. The van der Waals surface area contributed by atoms with Crippen LogP contribution in [0.25, 0.3) is 0 Å². The van der Waals surface area contributed by atoms with Gasteiger partial charge in [-0.2, -0.15) is 0 Å². The Hall–Kier alpha value is -0.540. The lowest BCUT2D eigenvalue weighted by atomic mass is 10.2. The minimum Gasteiger partial charge on any atom is -0.310 e. The molecule has 90 valence electrons. The first-order valence-corrected chi connectivity index (χ1v) is 6.72. The van der Waals surface area contributed by atoms with Gasteiger partial charge in [0.2, 0.25) is 0 Å². The third kappa shape index (κ3) is 5.52. The van der Waals surface area contributed by atoms with Gasteiger partial charge in [-0.05, 0) is 24.1 Å². The molecule has 1 aromatic rings. The van der Waals surface area contributed by atoms with Gasteiger partial charge < -0.3 is 5.32 Å². The molecule has 0 fully saturated rings. The predicted molar refractivity (Wildman–Crippen MR) is 69.7 cm³/mol. The van der Waals surface area contributed by atoms with Crippen molar-refractivity contribution in [3.63, 3.8) is 0 Å². The third-order valence-corrected chi connectivity index (χ3v) is 3.28. The number of rotatable bonds is 7. The average Bonchev–Trinajstić information content (AvgIpc) is 2.28. The summed E-state index contributed by atoms with van der Waals surface area (Å²) in [6.07, 6.45) is 0.640. The summed E-state index contributed by atoms with van der Waals surface area (Å²) in [6.45, 7) is 4.97. The fourth-order valence-electron chi connectivity index (χ4n) is 1.27. The number of hydrogen-bond donors (Lipinski definition) is 1. The van der Waals surface area contributed by atoms with Gasteiger partial charge in [-0.25, -0.2) is 0 Å². The second-order valence-corrected chi connectivity index (χ2v) is 5.24. The SMILES string of the molecule is CC(C)NCc1ccc(SCCCF)cc1. The van der Waals surface area contributed by atoms with Crippen LogP contribution >= 0.6 is 11.8 Å². The normalized spacial score (nSPS) is 11.0. The molecular formula is C13H20FNS. The molecule has 0 saturated heterocycles. The monoisotopic (exact) mass is 241 g/mol. The summed E-state index contributed by atoms with van der Waals surface area (Å²) in [4.78, 5) is 1.22. The maximum Gasteiger partial charge on any atom is 0.0902 e. The van der Waals surface area contributed by atoms with Gasteiger partial charge in [0.1, 0.15) is 0 Å². The molecule has 0 atom stereocenters. The zero-order valence-electron chi connectivity index (χ0n) is 10.0. The van der Waals surface area contributed by atoms with Gasteiger partial charge in [-0.3, -0.25) is 4.39 Å². The van der Waals surface area contributed by atoms with E-state index in [0.29, 0.717) is 12.5 Å². The lowest BCUT2D eigenvalue weighted by molar-refractivity contribution is 0.489. The molecule has 0 unspecified atom stereocenters. The van der Waals surface area contributed by atoms with Crippen LogP contribution in [0.2, 0.25) is 0 Å². The molecule has 0 spiro atoms. The summed E-state index contributed by atoms with van der Waals surface area (Å²) in [7, 11) is 0. The lowest BCUT2D eigenvalue weighted by Crippen LogP contribution is -2.21. The summed E-state index contributed by atoms with van der Waals surface area (Å²) >= 11 is 1.72. The van der Waals surface area contributed by atoms with Gasteiger partial charge >= 0.3 is 0 Å². The largest absolute Gasteiger partial charge is 0.310 e. The van der Waals surface area contributed by atoms with Crippen molar-refractivity contribution in [1.29, 1.82) is 0 Å². The second-order valence-electron chi connectivity index (χ2n) is 4.07. The molecule has 0 aliphatic heterocycles. The van der Waals surface area contributed by atoms with E-state index in [0.717, 1.165) is 12.3 Å². The van der Waals surface area contributed by atoms with Crippen LogP contribution in [0.1, 0.15) is 25.8 Å². The van der Waals surface area contributed by atoms with Crippen molar-refractivity contribution in [1.82, 2.24) is 5.32 Å². The van der Waals surface area contributed by atoms with E-state index in [-0.39, 0.29) is 6.67 Å². The van der Waals surface area contributed by atoms with Crippen LogP contribution in [0.3, 0.4) is 0 Å². The fourth-order valence-corrected chi connectivity index (χ4v) is 2.09. The van der Waals surface area contributed by atoms with E-state index in [1.807, 2.05) is 0 Å². The Morgan fingerprint density at radius 1 is 1.25 bits per heavy atom. The number of hydrogen-bond acceptors (Lipinski definition) is 2. The Labute approximate surface area is 102 Å². The summed E-state index contributed by atoms with van der Waals surface area (Å²) in [5.41, 5.74) is 1.29. The highest BCUT2D eigenvalue weighted by Gasteiger charge is 1.97. The van der Waals surface area contributed by atoms with Crippen LogP contribution in [0.15, 0.2) is 29.2 Å². The van der Waals surface area contributed by atoms with Crippen molar-refractivity contribution in [2.45, 2.75) is 37.8 Å². The van der Waals surface area contributed by atoms with Gasteiger partial charge in [-0.1, -0.05) is 26.0 Å². The summed E-state index contributed by atoms with van der Waals surface area (Å²) in [5, 5.41) is 3.38. The molecule has 0 aromatic heterocycles. The molecule has 1 aromatic carbocycles. The maximum absolute atomic E-state index is 11.9. The smallest absolute Gasteiger partial charge is 0.0902 e. The van der Waals surface area contributed by atoms with E-state index in [4.69, 9.17) is 0 Å². The van der Waals surface area contributed by atoms with Crippen molar-refractivity contribution >= 4 is 11.8 Å². The standard InChI is InChI=1S/C13H20FNS/c1-11(2)15-10-12-4-6-13(7-5-12)16-9-3-8-14/h4-7,11,15H,3,8-10H2,1-2H3. The lowest BCUT2D eigenvalue weighted by Gasteiger charge is -2.08. The molecule has 0 aliphatic rings. The van der Waals surface area contributed by atoms with E-state index in [2.05, 4.69) is 43.4 Å². The Balaban J connectivity index is 2.35. The number of alkyl halides is 1. The third-order valence-electron chi connectivity index (χ3n) is 2.18. The highest BCUT2D eigenvalue weighted by atomic mass is 32.2. The predicted octanol–water partition coefficient (Wildman–Crippen LogP) is 3.64. The molecule has 16 heavy (non-hydrogen) atoms. The molecule has 0 aliphatic carbocycles. The van der Waals surface area contributed by atoms with Crippen molar-refractivity contribution in [3.05, 3.63) is 29.8 Å². The van der Waals surface area contributed by atoms with E-state index in [9.17, 15) is 4.39 Å². The van der Waals surface area contributed by atoms with E-state index in [1.165, 1.54) is 10.5 Å². The van der Waals surface area contributed by atoms with Crippen LogP contribution in [0, 0.1) is 0 Å². The van der Waals surface area contributed by atoms with E-state index in [1.54, 1.807) is 11.8 Å². The summed E-state index contributed by atoms with van der Waals surface area (Å²) in [6, 6.07) is 9.00. The van der Waals surface area contributed by atoms with Gasteiger partial charge in [0, 0.05) is 23.2 Å². The first-order valence-electron chi connectivity index (χ1n) is 5.73. The molecular weight excluding hydrogens is 221 g/mol. The van der Waals surface area contributed by atoms with Crippen LogP contribution in [-0.4, -0.2) is 18.5 Å². The minimum absolute atomic E-state index is 0.219. The molecule has 0 heterocycles. The first kappa shape index (κ1) is 13.5. The Kier molecular flexibility index (Phi) is 6.50. The van der Waals surface area contributed by atoms with Gasteiger partial charge in [0.05, 0.1) is 6.67 Å². The summed E-state index contributed by atoms with van der Waals surface area (Å²) < 4.78 is 11.9. The molecule has 0 radical (unpaired) electrons. The highest BCUT2D eigenvalue weighted by molar-refractivity contribution is 7.99. The number of benzene rings is 1. The first-order chi connectivity index (χ1) is 7.72. The van der Waals surface area contributed by atoms with Crippen molar-refractivity contribution in [2.24, 2.45) is 0 Å². The van der Waals surface area contributed by atoms with E-state index < -0.39 is 0 Å². The fraction of sp³-hybridized carbons (Fsp3) is 0.538. The molecule has 0 bridgehead atoms. The highest BCUT2D eigenvalue weighted by Crippen LogP contribution is 2.19. The van der Waals surface area contributed by atoms with Crippen LogP contribution < -0.4 is 5.32 Å². The maximum atomic E-state index is 11.9.